The summed E-state index contributed by atoms with van der Waals surface area (Å²) in [5.74, 6) is 0. The van der Waals surface area contributed by atoms with Gasteiger partial charge in [-0.25, -0.2) is 4.68 Å². The first kappa shape index (κ1) is 23.2. The zero-order chi connectivity index (χ0) is 22.1. The number of aromatic nitrogens is 2. The summed E-state index contributed by atoms with van der Waals surface area (Å²) in [5, 5.41) is 20.8. The smallest absolute Gasteiger partial charge is 0.360 e. The number of thioether (sulfide) groups is 1. The molecule has 1 atom stereocenters. The van der Waals surface area contributed by atoms with Crippen molar-refractivity contribution in [1.29, 1.82) is 10.5 Å². The van der Waals surface area contributed by atoms with Gasteiger partial charge in [0.1, 0.15) is 23.5 Å². The number of methoxy groups -OCH3 is 1. The Morgan fingerprint density at radius 1 is 1.14 bits per heavy atom. The molecular formula is C15H6Cl2F6N4OS. The molecule has 2 rings (SSSR count). The van der Waals surface area contributed by atoms with E-state index in [4.69, 9.17) is 27.9 Å². The summed E-state index contributed by atoms with van der Waals surface area (Å²) in [6.07, 6.45) is -6.46. The third-order valence-electron chi connectivity index (χ3n) is 3.36. The fraction of sp³-hybridized carbons (Fsp3) is 0.267. The lowest BCUT2D eigenvalue weighted by Gasteiger charge is -2.17. The summed E-state index contributed by atoms with van der Waals surface area (Å²) in [4.78, 5) is -0.763. The first-order chi connectivity index (χ1) is 13.3. The van der Waals surface area contributed by atoms with Gasteiger partial charge < -0.3 is 4.74 Å². The molecule has 0 fully saturated rings. The normalized spacial score (nSPS) is 13.1. The molecule has 0 bridgehead atoms. The molecule has 0 aliphatic rings. The van der Waals surface area contributed by atoms with Crippen LogP contribution >= 0.6 is 35.0 Å². The summed E-state index contributed by atoms with van der Waals surface area (Å²) < 4.78 is 83.2. The number of benzene rings is 1. The Balaban J connectivity index is 2.87. The van der Waals surface area contributed by atoms with Gasteiger partial charge in [0, 0.05) is 7.11 Å². The Morgan fingerprint density at radius 3 is 2.07 bits per heavy atom. The lowest BCUT2D eigenvalue weighted by molar-refractivity contribution is -0.137. The Kier molecular flexibility index (Phi) is 6.65. The Bertz CT molecular complexity index is 999. The van der Waals surface area contributed by atoms with Crippen LogP contribution in [0.25, 0.3) is 5.69 Å². The van der Waals surface area contributed by atoms with Gasteiger partial charge in [-0.2, -0.15) is 42.0 Å². The van der Waals surface area contributed by atoms with Crippen LogP contribution in [0.3, 0.4) is 0 Å². The summed E-state index contributed by atoms with van der Waals surface area (Å²) >= 11 is 11.1. The van der Waals surface area contributed by atoms with Gasteiger partial charge in [0.15, 0.2) is 11.8 Å². The van der Waals surface area contributed by atoms with Crippen molar-refractivity contribution in [1.82, 2.24) is 9.78 Å². The molecule has 1 aromatic carbocycles. The number of hydrogen-bond acceptors (Lipinski definition) is 5. The fourth-order valence-corrected chi connectivity index (χ4v) is 3.62. The fourth-order valence-electron chi connectivity index (χ4n) is 2.26. The average molecular weight is 475 g/mol. The van der Waals surface area contributed by atoms with E-state index < -0.39 is 67.1 Å². The molecule has 1 heterocycles. The predicted molar refractivity (Wildman–Crippen MR) is 90.6 cm³/mol. The number of nitriles is 2. The topological polar surface area (TPSA) is 74.6 Å². The second-order valence-electron chi connectivity index (χ2n) is 5.17. The van der Waals surface area contributed by atoms with Crippen LogP contribution in [0.2, 0.25) is 10.0 Å². The maximum absolute atomic E-state index is 13.0. The van der Waals surface area contributed by atoms with Crippen LogP contribution in [0.1, 0.15) is 23.1 Å². The van der Waals surface area contributed by atoms with Gasteiger partial charge >= 0.3 is 11.7 Å². The number of ether oxygens (including phenoxy) is 1. The SMILES string of the molecule is COC(C#N)c1c(SC(F)(F)F)c(C#N)nn1-c1c(Cl)cc(C(F)(F)F)cc1Cl. The van der Waals surface area contributed by atoms with Crippen LogP contribution in [0.4, 0.5) is 26.3 Å². The largest absolute Gasteiger partial charge is 0.446 e. The molecule has 0 spiro atoms. The molecule has 0 N–H and O–H groups in total. The van der Waals surface area contributed by atoms with Crippen molar-refractivity contribution < 1.29 is 31.1 Å². The van der Waals surface area contributed by atoms with Crippen molar-refractivity contribution in [2.45, 2.75) is 22.7 Å². The predicted octanol–water partition coefficient (Wildman–Crippen LogP) is 5.89. The number of nitrogens with zero attached hydrogens (tertiary/aromatic N) is 4. The molecule has 1 aromatic heterocycles. The van der Waals surface area contributed by atoms with Gasteiger partial charge in [0.05, 0.1) is 20.5 Å². The van der Waals surface area contributed by atoms with E-state index in [2.05, 4.69) is 5.10 Å². The average Bonchev–Trinajstić information content (AvgIpc) is 2.91. The van der Waals surface area contributed by atoms with E-state index in [-0.39, 0.29) is 0 Å². The number of hydrogen-bond donors (Lipinski definition) is 0. The van der Waals surface area contributed by atoms with Crippen molar-refractivity contribution >= 4 is 35.0 Å². The van der Waals surface area contributed by atoms with E-state index in [1.165, 1.54) is 6.07 Å². The highest BCUT2D eigenvalue weighted by Crippen LogP contribution is 2.45. The number of rotatable bonds is 4. The molecule has 1 unspecified atom stereocenters. The maximum atomic E-state index is 13.0. The second-order valence-corrected chi connectivity index (χ2v) is 7.06. The molecule has 0 aliphatic carbocycles. The molecule has 154 valence electrons. The summed E-state index contributed by atoms with van der Waals surface area (Å²) in [6, 6.07) is 4.00. The summed E-state index contributed by atoms with van der Waals surface area (Å²) in [5.41, 5.74) is -7.82. The highest BCUT2D eigenvalue weighted by Gasteiger charge is 2.38. The first-order valence-electron chi connectivity index (χ1n) is 7.11. The zero-order valence-electron chi connectivity index (χ0n) is 13.9. The van der Waals surface area contributed by atoms with Crippen molar-refractivity contribution in [3.8, 4) is 17.8 Å². The Labute approximate surface area is 173 Å². The van der Waals surface area contributed by atoms with Crippen LogP contribution in [-0.4, -0.2) is 22.4 Å². The van der Waals surface area contributed by atoms with Gasteiger partial charge in [0.2, 0.25) is 0 Å². The lowest BCUT2D eigenvalue weighted by Crippen LogP contribution is -2.12. The highest BCUT2D eigenvalue weighted by molar-refractivity contribution is 8.00. The standard InChI is InChI=1S/C15H6Cl2F6N4OS/c1-28-10(5-25)12-13(29-15(21,22)23)9(4-24)26-27(12)11-7(16)2-6(3-8(11)17)14(18,19)20/h2-3,10H,1H3. The van der Waals surface area contributed by atoms with Gasteiger partial charge in [-0.05, 0) is 23.9 Å². The van der Waals surface area contributed by atoms with E-state index in [0.717, 1.165) is 7.11 Å². The monoisotopic (exact) mass is 474 g/mol. The van der Waals surface area contributed by atoms with Gasteiger partial charge in [0.25, 0.3) is 0 Å². The third-order valence-corrected chi connectivity index (χ3v) is 4.77. The molecule has 0 saturated heterocycles. The summed E-state index contributed by atoms with van der Waals surface area (Å²) in [7, 11) is 1.01. The molecule has 0 radical (unpaired) electrons. The van der Waals surface area contributed by atoms with Crippen LogP contribution in [0, 0.1) is 22.7 Å². The minimum atomic E-state index is -4.87. The lowest BCUT2D eigenvalue weighted by atomic mass is 10.2. The van der Waals surface area contributed by atoms with Crippen LogP contribution < -0.4 is 0 Å². The quantitative estimate of drug-likeness (QED) is 0.407. The molecule has 2 aromatic rings. The molecule has 0 saturated carbocycles. The molecule has 5 nitrogen and oxygen atoms in total. The van der Waals surface area contributed by atoms with Crippen LogP contribution in [0.15, 0.2) is 17.0 Å². The zero-order valence-corrected chi connectivity index (χ0v) is 16.2. The highest BCUT2D eigenvalue weighted by atomic mass is 35.5. The maximum Gasteiger partial charge on any atom is 0.446 e. The van der Waals surface area contributed by atoms with Gasteiger partial charge in [-0.3, -0.25) is 0 Å². The minimum absolute atomic E-state index is 0.445. The number of alkyl halides is 6. The Morgan fingerprint density at radius 2 is 1.69 bits per heavy atom. The number of halogens is 8. The molecule has 0 amide bonds. The third kappa shape index (κ3) is 4.90. The van der Waals surface area contributed by atoms with E-state index >= 15 is 0 Å². The second kappa shape index (κ2) is 8.32. The van der Waals surface area contributed by atoms with E-state index in [0.29, 0.717) is 16.8 Å². The minimum Gasteiger partial charge on any atom is -0.360 e. The Hall–Kier alpha value is -2.12. The van der Waals surface area contributed by atoms with Gasteiger partial charge in [-0.1, -0.05) is 23.2 Å². The van der Waals surface area contributed by atoms with E-state index in [9.17, 15) is 36.9 Å². The first-order valence-corrected chi connectivity index (χ1v) is 8.69. The summed E-state index contributed by atoms with van der Waals surface area (Å²) in [6.45, 7) is 0. The van der Waals surface area contributed by atoms with Gasteiger partial charge in [-0.15, -0.1) is 0 Å². The van der Waals surface area contributed by atoms with Crippen LogP contribution in [0.5, 0.6) is 0 Å². The molecule has 14 heteroatoms. The van der Waals surface area contributed by atoms with Crippen molar-refractivity contribution in [2.75, 3.05) is 7.11 Å². The van der Waals surface area contributed by atoms with Crippen molar-refractivity contribution in [2.24, 2.45) is 0 Å². The van der Waals surface area contributed by atoms with Crippen molar-refractivity contribution in [3.05, 3.63) is 39.1 Å². The van der Waals surface area contributed by atoms with Crippen molar-refractivity contribution in [3.63, 3.8) is 0 Å². The molecular weight excluding hydrogens is 469 g/mol. The molecule has 0 aliphatic heterocycles. The van der Waals surface area contributed by atoms with Crippen LogP contribution in [-0.2, 0) is 10.9 Å². The van der Waals surface area contributed by atoms with E-state index in [1.54, 1.807) is 6.07 Å². The molecule has 29 heavy (non-hydrogen) atoms. The van der Waals surface area contributed by atoms with E-state index in [1.807, 2.05) is 0 Å².